The average Bonchev–Trinajstić information content (AvgIpc) is 2.50. The molecule has 0 fully saturated rings. The van der Waals surface area contributed by atoms with Crippen LogP contribution in [0, 0.1) is 0 Å². The van der Waals surface area contributed by atoms with E-state index in [4.69, 9.17) is 9.84 Å². The van der Waals surface area contributed by atoms with E-state index >= 15 is 0 Å². The summed E-state index contributed by atoms with van der Waals surface area (Å²) in [4.78, 5) is 10.9. The molecule has 4 nitrogen and oxygen atoms in total. The highest BCUT2D eigenvalue weighted by molar-refractivity contribution is 9.10. The molecule has 78 valence electrons. The summed E-state index contributed by atoms with van der Waals surface area (Å²) in [6, 6.07) is 1.82. The third kappa shape index (κ3) is 3.38. The Kier molecular flexibility index (Phi) is 4.53. The maximum atomic E-state index is 10.1. The quantitative estimate of drug-likeness (QED) is 0.861. The predicted molar refractivity (Wildman–Crippen MR) is 55.4 cm³/mol. The third-order valence-corrected chi connectivity index (χ3v) is 3.42. The molecule has 1 unspecified atom stereocenters. The zero-order chi connectivity index (χ0) is 10.6. The highest BCUT2D eigenvalue weighted by Crippen LogP contribution is 2.28. The summed E-state index contributed by atoms with van der Waals surface area (Å²) < 4.78 is 5.59. The summed E-state index contributed by atoms with van der Waals surface area (Å²) in [6.45, 7) is -0.397. The summed E-state index contributed by atoms with van der Waals surface area (Å²) in [5.41, 5.74) is 0. The second kappa shape index (κ2) is 5.45. The van der Waals surface area contributed by atoms with Crippen LogP contribution in [0.3, 0.4) is 0 Å². The van der Waals surface area contributed by atoms with Crippen LogP contribution in [0.15, 0.2) is 15.9 Å². The van der Waals surface area contributed by atoms with Gasteiger partial charge in [0.1, 0.15) is 12.7 Å². The summed E-state index contributed by atoms with van der Waals surface area (Å²) in [5.74, 6) is -1.04. The summed E-state index contributed by atoms with van der Waals surface area (Å²) in [5, 5.41) is 19.7. The molecule has 0 spiro atoms. The van der Waals surface area contributed by atoms with E-state index in [0.717, 1.165) is 9.35 Å². The lowest BCUT2D eigenvalue weighted by Gasteiger charge is -2.08. The second-order valence-corrected chi connectivity index (χ2v) is 4.36. The van der Waals surface area contributed by atoms with Crippen LogP contribution in [0.5, 0.6) is 0 Å². The Labute approximate surface area is 93.3 Å². The van der Waals surface area contributed by atoms with Gasteiger partial charge in [-0.15, -0.1) is 11.3 Å². The van der Waals surface area contributed by atoms with Crippen molar-refractivity contribution >= 4 is 33.2 Å². The van der Waals surface area contributed by atoms with E-state index in [2.05, 4.69) is 15.9 Å². The summed E-state index contributed by atoms with van der Waals surface area (Å²) >= 11 is 4.66. The lowest BCUT2D eigenvalue weighted by molar-refractivity contribution is -0.143. The van der Waals surface area contributed by atoms with Gasteiger partial charge >= 0.3 is 5.97 Å². The van der Waals surface area contributed by atoms with Crippen molar-refractivity contribution in [2.45, 2.75) is 6.10 Å². The van der Waals surface area contributed by atoms with Gasteiger partial charge in [-0.05, 0) is 27.4 Å². The highest BCUT2D eigenvalue weighted by atomic mass is 79.9. The van der Waals surface area contributed by atoms with Crippen LogP contribution < -0.4 is 0 Å². The zero-order valence-corrected chi connectivity index (χ0v) is 9.55. The molecule has 0 radical (unpaired) electrons. The molecule has 0 aromatic carbocycles. The molecule has 0 saturated carbocycles. The number of hydrogen-bond donors (Lipinski definition) is 2. The fourth-order valence-electron chi connectivity index (χ4n) is 0.877. The number of rotatable bonds is 5. The Bertz CT molecular complexity index is 312. The topological polar surface area (TPSA) is 66.8 Å². The maximum absolute atomic E-state index is 10.1. The minimum absolute atomic E-state index is 0.00852. The molecule has 0 aliphatic rings. The minimum Gasteiger partial charge on any atom is -0.480 e. The molecule has 1 aromatic heterocycles. The van der Waals surface area contributed by atoms with E-state index in [9.17, 15) is 9.90 Å². The monoisotopic (exact) mass is 280 g/mol. The lowest BCUT2D eigenvalue weighted by Crippen LogP contribution is -2.12. The van der Waals surface area contributed by atoms with Gasteiger partial charge in [0.25, 0.3) is 0 Å². The molecule has 1 rings (SSSR count). The van der Waals surface area contributed by atoms with Crippen molar-refractivity contribution in [3.8, 4) is 0 Å². The predicted octanol–water partition coefficient (Wildman–Crippen LogP) is 1.65. The summed E-state index contributed by atoms with van der Waals surface area (Å²) in [6.07, 6.45) is -0.774. The van der Waals surface area contributed by atoms with Crippen molar-refractivity contribution in [1.82, 2.24) is 0 Å². The first-order chi connectivity index (χ1) is 6.61. The van der Waals surface area contributed by atoms with Crippen molar-refractivity contribution in [3.05, 3.63) is 20.8 Å². The second-order valence-electron chi connectivity index (χ2n) is 2.56. The van der Waals surface area contributed by atoms with Gasteiger partial charge in [-0.1, -0.05) is 0 Å². The van der Waals surface area contributed by atoms with Crippen LogP contribution in [0.4, 0.5) is 0 Å². The number of carbonyl (C=O) groups is 1. The molecule has 0 aliphatic heterocycles. The number of halogens is 1. The van der Waals surface area contributed by atoms with E-state index in [1.54, 1.807) is 0 Å². The Hall–Kier alpha value is -0.430. The van der Waals surface area contributed by atoms with Crippen LogP contribution in [0.2, 0.25) is 0 Å². The van der Waals surface area contributed by atoms with Gasteiger partial charge in [-0.2, -0.15) is 0 Å². The first-order valence-corrected chi connectivity index (χ1v) is 5.49. The molecular formula is C8H9BrO4S. The van der Waals surface area contributed by atoms with Crippen molar-refractivity contribution < 1.29 is 19.7 Å². The van der Waals surface area contributed by atoms with Crippen LogP contribution in [-0.4, -0.2) is 29.4 Å². The average molecular weight is 281 g/mol. The number of ether oxygens (including phenoxy) is 1. The van der Waals surface area contributed by atoms with Crippen LogP contribution in [-0.2, 0) is 9.53 Å². The van der Waals surface area contributed by atoms with Crippen molar-refractivity contribution in [1.29, 1.82) is 0 Å². The Balaban J connectivity index is 2.39. The van der Waals surface area contributed by atoms with E-state index < -0.39 is 12.1 Å². The first-order valence-electron chi connectivity index (χ1n) is 3.81. The molecule has 1 aromatic rings. The molecule has 0 amide bonds. The number of aliphatic hydroxyl groups is 1. The van der Waals surface area contributed by atoms with Gasteiger partial charge < -0.3 is 14.9 Å². The SMILES string of the molecule is O=C(O)COCC(O)c1sccc1Br. The smallest absolute Gasteiger partial charge is 0.329 e. The maximum Gasteiger partial charge on any atom is 0.329 e. The number of carboxylic acids is 1. The Morgan fingerprint density at radius 2 is 2.43 bits per heavy atom. The standard InChI is InChI=1S/C8H9BrO4S/c9-5-1-2-14-8(5)6(10)3-13-4-7(11)12/h1-2,6,10H,3-4H2,(H,11,12). The molecule has 14 heavy (non-hydrogen) atoms. The van der Waals surface area contributed by atoms with E-state index in [0.29, 0.717) is 0 Å². The van der Waals surface area contributed by atoms with Crippen molar-refractivity contribution in [3.63, 3.8) is 0 Å². The minimum atomic E-state index is -1.04. The Morgan fingerprint density at radius 3 is 2.93 bits per heavy atom. The number of carboxylic acid groups (broad SMARTS) is 1. The van der Waals surface area contributed by atoms with E-state index in [1.807, 2.05) is 11.4 Å². The molecule has 2 N–H and O–H groups in total. The molecule has 1 heterocycles. The first kappa shape index (κ1) is 11.6. The fourth-order valence-corrected chi connectivity index (χ4v) is 2.48. The Morgan fingerprint density at radius 1 is 1.71 bits per heavy atom. The number of aliphatic carboxylic acids is 1. The molecule has 0 aliphatic carbocycles. The number of thiophene rings is 1. The van der Waals surface area contributed by atoms with Gasteiger partial charge in [0.05, 0.1) is 6.61 Å². The molecule has 1 atom stereocenters. The fraction of sp³-hybridized carbons (Fsp3) is 0.375. The van der Waals surface area contributed by atoms with Crippen LogP contribution in [0.1, 0.15) is 11.0 Å². The zero-order valence-electron chi connectivity index (χ0n) is 7.14. The van der Waals surface area contributed by atoms with Gasteiger partial charge in [0, 0.05) is 9.35 Å². The van der Waals surface area contributed by atoms with Gasteiger partial charge in [0.2, 0.25) is 0 Å². The van der Waals surface area contributed by atoms with Crippen molar-refractivity contribution in [2.24, 2.45) is 0 Å². The van der Waals surface area contributed by atoms with E-state index in [-0.39, 0.29) is 13.2 Å². The molecule has 6 heteroatoms. The lowest BCUT2D eigenvalue weighted by atomic mass is 10.3. The molecule has 0 saturated heterocycles. The normalized spacial score (nSPS) is 12.7. The molecule has 0 bridgehead atoms. The molecular weight excluding hydrogens is 272 g/mol. The number of aliphatic hydroxyl groups excluding tert-OH is 1. The third-order valence-electron chi connectivity index (χ3n) is 1.45. The van der Waals surface area contributed by atoms with Crippen LogP contribution >= 0.6 is 27.3 Å². The van der Waals surface area contributed by atoms with Gasteiger partial charge in [0.15, 0.2) is 0 Å². The largest absolute Gasteiger partial charge is 0.480 e. The number of hydrogen-bond acceptors (Lipinski definition) is 4. The van der Waals surface area contributed by atoms with Gasteiger partial charge in [-0.3, -0.25) is 0 Å². The van der Waals surface area contributed by atoms with E-state index in [1.165, 1.54) is 11.3 Å². The van der Waals surface area contributed by atoms with Crippen LogP contribution in [0.25, 0.3) is 0 Å². The van der Waals surface area contributed by atoms with Crippen molar-refractivity contribution in [2.75, 3.05) is 13.2 Å². The van der Waals surface area contributed by atoms with Gasteiger partial charge in [-0.25, -0.2) is 4.79 Å². The highest BCUT2D eigenvalue weighted by Gasteiger charge is 2.13. The summed E-state index contributed by atoms with van der Waals surface area (Å²) in [7, 11) is 0.